The number of aromatic nitrogens is 2. The molecule has 5 nitrogen and oxygen atoms in total. The van der Waals surface area contributed by atoms with Crippen molar-refractivity contribution < 1.29 is 9.59 Å². The number of fused-ring (bicyclic) bond motifs is 1. The van der Waals surface area contributed by atoms with Crippen LogP contribution in [-0.2, 0) is 4.79 Å². The van der Waals surface area contributed by atoms with Gasteiger partial charge in [-0.3, -0.25) is 14.9 Å². The van der Waals surface area contributed by atoms with Gasteiger partial charge in [0.1, 0.15) is 5.69 Å². The molecule has 0 saturated heterocycles. The number of nitrogens with one attached hydrogen (secondary N) is 1. The average molecular weight is 391 g/mol. The zero-order chi connectivity index (χ0) is 20.5. The fraction of sp³-hybridized carbons (Fsp3) is 0. The molecule has 0 bridgehead atoms. The number of para-hydroxylation sites is 1. The molecule has 1 N–H and O–H groups in total. The van der Waals surface area contributed by atoms with Gasteiger partial charge in [-0.1, -0.05) is 78.9 Å². The summed E-state index contributed by atoms with van der Waals surface area (Å²) >= 11 is 0. The highest BCUT2D eigenvalue weighted by atomic mass is 16.2. The molecule has 1 aliphatic heterocycles. The van der Waals surface area contributed by atoms with E-state index in [2.05, 4.69) is 5.32 Å². The number of rotatable bonds is 3. The highest BCUT2D eigenvalue weighted by Crippen LogP contribution is 2.35. The summed E-state index contributed by atoms with van der Waals surface area (Å²) in [4.78, 5) is 25.6. The zero-order valence-corrected chi connectivity index (χ0v) is 15.9. The van der Waals surface area contributed by atoms with Crippen LogP contribution >= 0.6 is 0 Å². The Morgan fingerprint density at radius 2 is 1.33 bits per heavy atom. The first-order valence-corrected chi connectivity index (χ1v) is 9.59. The van der Waals surface area contributed by atoms with Crippen molar-refractivity contribution in [2.45, 2.75) is 0 Å². The first-order valence-electron chi connectivity index (χ1n) is 9.59. The minimum atomic E-state index is -0.450. The van der Waals surface area contributed by atoms with Crippen LogP contribution < -0.4 is 5.32 Å². The minimum absolute atomic E-state index is 0.364. The van der Waals surface area contributed by atoms with E-state index in [9.17, 15) is 9.59 Å². The molecule has 0 spiro atoms. The molecule has 2 heterocycles. The van der Waals surface area contributed by atoms with Crippen molar-refractivity contribution in [1.29, 1.82) is 0 Å². The molecule has 0 radical (unpaired) electrons. The van der Waals surface area contributed by atoms with Gasteiger partial charge in [-0.15, -0.1) is 0 Å². The Morgan fingerprint density at radius 1 is 0.733 bits per heavy atom. The van der Waals surface area contributed by atoms with Gasteiger partial charge >= 0.3 is 0 Å². The maximum atomic E-state index is 12.9. The summed E-state index contributed by atoms with van der Waals surface area (Å²) in [5.41, 5.74) is 4.31. The van der Waals surface area contributed by atoms with E-state index >= 15 is 0 Å². The van der Waals surface area contributed by atoms with E-state index in [-0.39, 0.29) is 0 Å². The molecular weight excluding hydrogens is 374 g/mol. The summed E-state index contributed by atoms with van der Waals surface area (Å²) in [6.07, 6.45) is 1.76. The molecule has 0 saturated carbocycles. The smallest absolute Gasteiger partial charge is 0.262 e. The van der Waals surface area contributed by atoms with Crippen molar-refractivity contribution in [3.05, 3.63) is 108 Å². The van der Waals surface area contributed by atoms with Gasteiger partial charge in [0.25, 0.3) is 11.8 Å². The summed E-state index contributed by atoms with van der Waals surface area (Å²) < 4.78 is 1.73. The second kappa shape index (κ2) is 7.29. The van der Waals surface area contributed by atoms with E-state index in [1.54, 1.807) is 10.8 Å². The second-order valence-corrected chi connectivity index (χ2v) is 6.94. The highest BCUT2D eigenvalue weighted by Gasteiger charge is 2.35. The third-order valence-electron chi connectivity index (χ3n) is 5.00. The minimum Gasteiger partial charge on any atom is -0.288 e. The van der Waals surface area contributed by atoms with Crippen LogP contribution in [0.5, 0.6) is 0 Å². The third-order valence-corrected chi connectivity index (χ3v) is 5.00. The number of imide groups is 1. The molecule has 0 fully saturated rings. The van der Waals surface area contributed by atoms with E-state index in [4.69, 9.17) is 5.10 Å². The van der Waals surface area contributed by atoms with E-state index in [0.717, 1.165) is 16.8 Å². The van der Waals surface area contributed by atoms with Gasteiger partial charge in [-0.25, -0.2) is 4.68 Å². The molecule has 5 heteroatoms. The monoisotopic (exact) mass is 391 g/mol. The van der Waals surface area contributed by atoms with Gasteiger partial charge in [-0.2, -0.15) is 5.10 Å². The topological polar surface area (TPSA) is 64.0 Å². The second-order valence-electron chi connectivity index (χ2n) is 6.94. The van der Waals surface area contributed by atoms with E-state index in [1.165, 1.54) is 0 Å². The largest absolute Gasteiger partial charge is 0.288 e. The Hall–Kier alpha value is -4.25. The fourth-order valence-electron chi connectivity index (χ4n) is 3.63. The lowest BCUT2D eigenvalue weighted by Crippen LogP contribution is -2.36. The maximum Gasteiger partial charge on any atom is 0.262 e. The molecule has 0 atom stereocenters. The summed E-state index contributed by atoms with van der Waals surface area (Å²) in [6.45, 7) is 0. The lowest BCUT2D eigenvalue weighted by molar-refractivity contribution is -0.114. The van der Waals surface area contributed by atoms with Crippen molar-refractivity contribution in [3.63, 3.8) is 0 Å². The predicted octanol–water partition coefficient (Wildman–Crippen LogP) is 4.35. The molecule has 5 rings (SSSR count). The van der Waals surface area contributed by atoms with Gasteiger partial charge in [0, 0.05) is 5.56 Å². The molecule has 1 aliphatic rings. The Morgan fingerprint density at radius 3 is 2.00 bits per heavy atom. The molecule has 1 aromatic heterocycles. The van der Waals surface area contributed by atoms with Crippen LogP contribution in [0.3, 0.4) is 0 Å². The molecule has 30 heavy (non-hydrogen) atoms. The lowest BCUT2D eigenvalue weighted by atomic mass is 9.96. The molecule has 4 aromatic rings. The predicted molar refractivity (Wildman–Crippen MR) is 116 cm³/mol. The number of amides is 2. The van der Waals surface area contributed by atoms with Crippen molar-refractivity contribution in [2.75, 3.05) is 0 Å². The first-order chi connectivity index (χ1) is 14.7. The van der Waals surface area contributed by atoms with Crippen LogP contribution in [0.2, 0.25) is 0 Å². The normalized spacial score (nSPS) is 14.5. The van der Waals surface area contributed by atoms with Gasteiger partial charge < -0.3 is 0 Å². The third kappa shape index (κ3) is 3.02. The maximum absolute atomic E-state index is 12.9. The summed E-state index contributed by atoms with van der Waals surface area (Å²) in [5, 5.41) is 7.22. The van der Waals surface area contributed by atoms with E-state index in [1.807, 2.05) is 91.0 Å². The van der Waals surface area contributed by atoms with Gasteiger partial charge in [0.05, 0.1) is 22.5 Å². The van der Waals surface area contributed by atoms with Crippen LogP contribution in [0.1, 0.15) is 21.6 Å². The standard InChI is InChI=1S/C25H17N3O2/c29-24-20(16-17-10-4-1-5-11-17)22-21(25(30)26-24)23(18-12-6-2-7-13-18)28(27-22)19-14-8-3-9-15-19/h1-16H,(H,26,29,30)/b20-16+. The van der Waals surface area contributed by atoms with Crippen LogP contribution in [0.25, 0.3) is 28.6 Å². The molecular formula is C25H17N3O2. The van der Waals surface area contributed by atoms with Crippen LogP contribution in [0.15, 0.2) is 91.0 Å². The Bertz CT molecular complexity index is 1270. The average Bonchev–Trinajstić information content (AvgIpc) is 3.20. The van der Waals surface area contributed by atoms with E-state index in [0.29, 0.717) is 22.5 Å². The summed E-state index contributed by atoms with van der Waals surface area (Å²) in [6, 6.07) is 28.7. The van der Waals surface area contributed by atoms with Crippen molar-refractivity contribution in [1.82, 2.24) is 15.1 Å². The molecule has 0 unspecified atom stereocenters. The SMILES string of the molecule is O=C1NC(=O)c2c(nn(-c3ccccc3)c2-c2ccccc2)/C1=C\c1ccccc1. The van der Waals surface area contributed by atoms with Crippen LogP contribution in [-0.4, -0.2) is 21.6 Å². The first kappa shape index (κ1) is 17.8. The number of carbonyl (C=O) groups is 2. The van der Waals surface area contributed by atoms with Gasteiger partial charge in [0.2, 0.25) is 0 Å². The number of nitrogens with zero attached hydrogens (tertiary/aromatic N) is 2. The Balaban J connectivity index is 1.81. The molecule has 0 aliphatic carbocycles. The molecule has 3 aromatic carbocycles. The zero-order valence-electron chi connectivity index (χ0n) is 15.9. The lowest BCUT2D eigenvalue weighted by Gasteiger charge is -2.15. The molecule has 2 amide bonds. The van der Waals surface area contributed by atoms with Crippen LogP contribution in [0.4, 0.5) is 0 Å². The number of hydrogen-bond acceptors (Lipinski definition) is 3. The van der Waals surface area contributed by atoms with Crippen molar-refractivity contribution in [2.24, 2.45) is 0 Å². The summed E-state index contributed by atoms with van der Waals surface area (Å²) in [7, 11) is 0. The van der Waals surface area contributed by atoms with Crippen molar-refractivity contribution in [3.8, 4) is 16.9 Å². The molecule has 144 valence electrons. The fourth-order valence-corrected chi connectivity index (χ4v) is 3.63. The van der Waals surface area contributed by atoms with Crippen LogP contribution in [0, 0.1) is 0 Å². The quantitative estimate of drug-likeness (QED) is 0.417. The number of carbonyl (C=O) groups excluding carboxylic acids is 2. The van der Waals surface area contributed by atoms with Gasteiger partial charge in [0.15, 0.2) is 0 Å². The van der Waals surface area contributed by atoms with Gasteiger partial charge in [-0.05, 0) is 23.8 Å². The number of hydrogen-bond donors (Lipinski definition) is 1. The summed E-state index contributed by atoms with van der Waals surface area (Å²) in [5.74, 6) is -0.894. The Kier molecular flexibility index (Phi) is 4.33. The van der Waals surface area contributed by atoms with E-state index < -0.39 is 11.8 Å². The highest BCUT2D eigenvalue weighted by molar-refractivity contribution is 6.34. The Labute approximate surface area is 173 Å². The van der Waals surface area contributed by atoms with Crippen molar-refractivity contribution >= 4 is 23.5 Å². The number of benzene rings is 3.